The van der Waals surface area contributed by atoms with Crippen LogP contribution in [0.25, 0.3) is 33.7 Å². The number of hydrogen-bond donors (Lipinski definition) is 2. The number of rotatable bonds is 7. The molecule has 0 aliphatic rings. The molecule has 0 fully saturated rings. The van der Waals surface area contributed by atoms with Crippen LogP contribution in [0.1, 0.15) is 10.4 Å². The van der Waals surface area contributed by atoms with Crippen LogP contribution in [0.15, 0.2) is 78.2 Å². The number of thiazole rings is 1. The van der Waals surface area contributed by atoms with Crippen molar-refractivity contribution in [1.29, 1.82) is 0 Å². The van der Waals surface area contributed by atoms with Crippen molar-refractivity contribution < 1.29 is 19.1 Å². The second-order valence-corrected chi connectivity index (χ2v) is 8.40. The van der Waals surface area contributed by atoms with Gasteiger partial charge in [0.15, 0.2) is 11.7 Å². The van der Waals surface area contributed by atoms with Gasteiger partial charge in [-0.3, -0.25) is 10.1 Å². The molecule has 0 aliphatic heterocycles. The van der Waals surface area contributed by atoms with Crippen LogP contribution in [-0.2, 0) is 9.53 Å². The van der Waals surface area contributed by atoms with Crippen molar-refractivity contribution >= 4 is 39.4 Å². The van der Waals surface area contributed by atoms with Crippen molar-refractivity contribution in [3.05, 3.63) is 83.7 Å². The van der Waals surface area contributed by atoms with Crippen molar-refractivity contribution in [2.24, 2.45) is 0 Å². The number of nitrogens with zero attached hydrogens (tertiary/aromatic N) is 2. The summed E-state index contributed by atoms with van der Waals surface area (Å²) in [7, 11) is 1.61. The Hall–Kier alpha value is -4.50. The molecule has 0 saturated heterocycles. The lowest BCUT2D eigenvalue weighted by Gasteiger charge is -2.08. The summed E-state index contributed by atoms with van der Waals surface area (Å²) in [6.07, 6.45) is 0. The van der Waals surface area contributed by atoms with Crippen molar-refractivity contribution in [2.75, 3.05) is 19.0 Å². The molecule has 0 saturated carbocycles. The quantitative estimate of drug-likeness (QED) is 0.309. The fourth-order valence-corrected chi connectivity index (χ4v) is 4.27. The molecule has 5 aromatic rings. The van der Waals surface area contributed by atoms with Crippen molar-refractivity contribution in [1.82, 2.24) is 15.0 Å². The molecule has 0 atom stereocenters. The summed E-state index contributed by atoms with van der Waals surface area (Å²) in [6, 6.07) is 22.0. The molecule has 174 valence electrons. The van der Waals surface area contributed by atoms with Crippen molar-refractivity contribution in [3.8, 4) is 28.4 Å². The molecule has 8 nitrogen and oxygen atoms in total. The molecule has 0 bridgehead atoms. The summed E-state index contributed by atoms with van der Waals surface area (Å²) in [5.74, 6) is 0.211. The van der Waals surface area contributed by atoms with Crippen LogP contribution in [0.5, 0.6) is 5.75 Å². The maximum Gasteiger partial charge on any atom is 0.339 e. The van der Waals surface area contributed by atoms with Gasteiger partial charge < -0.3 is 14.5 Å². The minimum Gasteiger partial charge on any atom is -0.497 e. The zero-order valence-corrected chi connectivity index (χ0v) is 19.5. The maximum atomic E-state index is 12.8. The number of aromatic nitrogens is 3. The van der Waals surface area contributed by atoms with E-state index in [1.54, 1.807) is 25.3 Å². The Morgan fingerprint density at radius 2 is 1.74 bits per heavy atom. The third-order valence-electron chi connectivity index (χ3n) is 5.26. The van der Waals surface area contributed by atoms with E-state index in [1.165, 1.54) is 11.3 Å². The molecular weight excluding hydrogens is 464 g/mol. The molecule has 0 radical (unpaired) electrons. The van der Waals surface area contributed by atoms with Crippen LogP contribution in [-0.4, -0.2) is 40.5 Å². The van der Waals surface area contributed by atoms with E-state index in [0.29, 0.717) is 22.1 Å². The highest BCUT2D eigenvalue weighted by atomic mass is 32.1. The van der Waals surface area contributed by atoms with Crippen molar-refractivity contribution in [3.63, 3.8) is 0 Å². The number of benzene rings is 3. The van der Waals surface area contributed by atoms with E-state index >= 15 is 0 Å². The van der Waals surface area contributed by atoms with E-state index in [-0.39, 0.29) is 0 Å². The normalized spacial score (nSPS) is 10.8. The number of aromatic amines is 1. The highest BCUT2D eigenvalue weighted by Crippen LogP contribution is 2.27. The van der Waals surface area contributed by atoms with E-state index in [0.717, 1.165) is 28.0 Å². The predicted molar refractivity (Wildman–Crippen MR) is 135 cm³/mol. The first kappa shape index (κ1) is 22.3. The number of ether oxygens (including phenoxy) is 2. The number of esters is 1. The number of nitrogens with one attached hydrogen (secondary N) is 2. The average Bonchev–Trinajstić information content (AvgIpc) is 3.54. The van der Waals surface area contributed by atoms with E-state index in [2.05, 4.69) is 20.3 Å². The molecule has 2 heterocycles. The van der Waals surface area contributed by atoms with Gasteiger partial charge in [0.25, 0.3) is 5.91 Å². The van der Waals surface area contributed by atoms with Gasteiger partial charge in [0, 0.05) is 16.5 Å². The molecule has 0 unspecified atom stereocenters. The van der Waals surface area contributed by atoms with Crippen LogP contribution in [0.2, 0.25) is 0 Å². The minimum atomic E-state index is -0.616. The molecule has 1 amide bonds. The van der Waals surface area contributed by atoms with E-state index in [9.17, 15) is 9.59 Å². The van der Waals surface area contributed by atoms with Gasteiger partial charge in [-0.1, -0.05) is 30.3 Å². The second kappa shape index (κ2) is 9.78. The zero-order chi connectivity index (χ0) is 24.2. The van der Waals surface area contributed by atoms with Gasteiger partial charge in [0.05, 0.1) is 29.4 Å². The lowest BCUT2D eigenvalue weighted by atomic mass is 10.1. The van der Waals surface area contributed by atoms with Gasteiger partial charge in [-0.25, -0.2) is 14.8 Å². The molecular formula is C26H20N4O4S. The highest BCUT2D eigenvalue weighted by molar-refractivity contribution is 7.14. The molecule has 2 N–H and O–H groups in total. The molecule has 0 spiro atoms. The number of amides is 1. The second-order valence-electron chi connectivity index (χ2n) is 7.54. The smallest absolute Gasteiger partial charge is 0.339 e. The molecule has 35 heavy (non-hydrogen) atoms. The molecule has 9 heteroatoms. The number of fused-ring (bicyclic) bond motifs is 1. The first-order valence-corrected chi connectivity index (χ1v) is 11.6. The van der Waals surface area contributed by atoms with Gasteiger partial charge in [0.1, 0.15) is 11.6 Å². The number of imidazole rings is 1. The lowest BCUT2D eigenvalue weighted by Crippen LogP contribution is -2.21. The number of para-hydroxylation sites is 2. The number of methoxy groups -OCH3 is 1. The molecule has 3 aromatic carbocycles. The fraction of sp³-hybridized carbons (Fsp3) is 0.0769. The standard InChI is InChI=1S/C26H20N4O4S/c1-33-17-12-10-16(11-13-17)22-15-35-26(29-22)30-23(31)14-34-25(32)19-7-3-2-6-18(19)24-27-20-8-4-5-9-21(20)28-24/h2-13,15H,14H2,1H3,(H,27,28)(H,29,30,31). The Balaban J connectivity index is 1.23. The Bertz CT molecular complexity index is 1470. The largest absolute Gasteiger partial charge is 0.497 e. The van der Waals surface area contributed by atoms with Gasteiger partial charge in [0.2, 0.25) is 0 Å². The Morgan fingerprint density at radius 1 is 0.971 bits per heavy atom. The summed E-state index contributed by atoms with van der Waals surface area (Å²) in [6.45, 7) is -0.440. The number of carbonyl (C=O) groups excluding carboxylic acids is 2. The Kier molecular flexibility index (Phi) is 6.23. The summed E-state index contributed by atoms with van der Waals surface area (Å²) < 4.78 is 10.5. The first-order chi connectivity index (χ1) is 17.1. The molecule has 5 rings (SSSR count). The summed E-state index contributed by atoms with van der Waals surface area (Å²) in [5, 5.41) is 4.93. The third-order valence-corrected chi connectivity index (χ3v) is 6.02. The third kappa shape index (κ3) is 4.90. The van der Waals surface area contributed by atoms with Gasteiger partial charge in [-0.2, -0.15) is 0 Å². The van der Waals surface area contributed by atoms with Crippen LogP contribution >= 0.6 is 11.3 Å². The van der Waals surface area contributed by atoms with Gasteiger partial charge in [-0.15, -0.1) is 11.3 Å². The minimum absolute atomic E-state index is 0.315. The summed E-state index contributed by atoms with van der Waals surface area (Å²) >= 11 is 1.29. The SMILES string of the molecule is COc1ccc(-c2csc(NC(=O)COC(=O)c3ccccc3-c3nc4ccccc4[nH]3)n2)cc1. The predicted octanol–water partition coefficient (Wildman–Crippen LogP) is 5.16. The zero-order valence-electron chi connectivity index (χ0n) is 18.6. The summed E-state index contributed by atoms with van der Waals surface area (Å²) in [5.41, 5.74) is 4.19. The van der Waals surface area contributed by atoms with E-state index < -0.39 is 18.5 Å². The van der Waals surface area contributed by atoms with Crippen LogP contribution in [0.3, 0.4) is 0 Å². The number of H-pyrrole nitrogens is 1. The number of anilines is 1. The van der Waals surface area contributed by atoms with Crippen LogP contribution in [0, 0.1) is 0 Å². The fourth-order valence-electron chi connectivity index (χ4n) is 3.54. The van der Waals surface area contributed by atoms with E-state index in [4.69, 9.17) is 9.47 Å². The summed E-state index contributed by atoms with van der Waals surface area (Å²) in [4.78, 5) is 37.4. The number of hydrogen-bond acceptors (Lipinski definition) is 7. The first-order valence-electron chi connectivity index (χ1n) is 10.7. The molecule has 0 aliphatic carbocycles. The van der Waals surface area contributed by atoms with E-state index in [1.807, 2.05) is 60.0 Å². The highest BCUT2D eigenvalue weighted by Gasteiger charge is 2.18. The van der Waals surface area contributed by atoms with Crippen molar-refractivity contribution in [2.45, 2.75) is 0 Å². The van der Waals surface area contributed by atoms with Gasteiger partial charge in [-0.05, 0) is 42.5 Å². The monoisotopic (exact) mass is 484 g/mol. The van der Waals surface area contributed by atoms with Crippen LogP contribution in [0.4, 0.5) is 5.13 Å². The maximum absolute atomic E-state index is 12.8. The Labute approximate surface area is 204 Å². The van der Waals surface area contributed by atoms with Crippen LogP contribution < -0.4 is 10.1 Å². The average molecular weight is 485 g/mol. The Morgan fingerprint density at radius 3 is 2.54 bits per heavy atom. The topological polar surface area (TPSA) is 106 Å². The van der Waals surface area contributed by atoms with Gasteiger partial charge >= 0.3 is 5.97 Å². The molecule has 2 aromatic heterocycles. The number of carbonyl (C=O) groups is 2. The lowest BCUT2D eigenvalue weighted by molar-refractivity contribution is -0.119.